The largest absolute Gasteiger partial charge is 2.00 e. The van der Waals surface area contributed by atoms with Crippen LogP contribution in [0.25, 0.3) is 0 Å². The van der Waals surface area contributed by atoms with Gasteiger partial charge in [-0.25, -0.2) is 16.8 Å². The fourth-order valence-electron chi connectivity index (χ4n) is 10.1. The summed E-state index contributed by atoms with van der Waals surface area (Å²) in [6.45, 7) is 8.99. The van der Waals surface area contributed by atoms with Crippen LogP contribution in [-0.2, 0) is 29.2 Å². The summed E-state index contributed by atoms with van der Waals surface area (Å²) in [6.07, 6.45) is 76.3. The number of hydrogen-bond donors (Lipinski definition) is 0. The fourth-order valence-corrected chi connectivity index (χ4v) is 10.8. The van der Waals surface area contributed by atoms with E-state index in [4.69, 9.17) is 0 Å². The van der Waals surface area contributed by atoms with Gasteiger partial charge in [0.2, 0.25) is 20.8 Å². The van der Waals surface area contributed by atoms with Crippen LogP contribution in [-0.4, -0.2) is 76.9 Å². The first-order valence-electron chi connectivity index (χ1n) is 32.5. The van der Waals surface area contributed by atoms with Crippen LogP contribution in [0.5, 0.6) is 0 Å². The molecule has 0 aromatic carbocycles. The maximum atomic E-state index is 10.9. The van der Waals surface area contributed by atoms with E-state index in [9.17, 15) is 25.9 Å². The maximum Gasteiger partial charge on any atom is 2.00 e. The Labute approximate surface area is 499 Å². The van der Waals surface area contributed by atoms with Crippen LogP contribution in [0.15, 0.2) is 24.3 Å². The molecule has 0 spiro atoms. The average molecular weight is 1130 g/mol. The van der Waals surface area contributed by atoms with Gasteiger partial charge in [-0.2, -0.15) is 0 Å². The van der Waals surface area contributed by atoms with E-state index >= 15 is 0 Å². The van der Waals surface area contributed by atoms with Crippen molar-refractivity contribution in [1.82, 2.24) is 0 Å². The predicted octanol–water partition coefficient (Wildman–Crippen LogP) is 21.3. The molecule has 0 aromatic heterocycles. The van der Waals surface area contributed by atoms with E-state index in [2.05, 4.69) is 60.4 Å². The maximum absolute atomic E-state index is 10.9. The molecular weight excluding hydrogens is 1000 g/mol. The number of allylic oxidation sites excluding steroid dienone is 2. The van der Waals surface area contributed by atoms with Gasteiger partial charge in [0.1, 0.15) is 0 Å². The summed E-state index contributed by atoms with van der Waals surface area (Å²) in [6, 6.07) is 0. The molecule has 11 heteroatoms. The van der Waals surface area contributed by atoms with Crippen molar-refractivity contribution in [3.63, 3.8) is 0 Å². The third-order valence-electron chi connectivity index (χ3n) is 15.0. The van der Waals surface area contributed by atoms with E-state index in [1.54, 1.807) is 0 Å². The summed E-state index contributed by atoms with van der Waals surface area (Å²) in [5.74, 6) is 0.0368. The minimum atomic E-state index is -4.61. The Balaban J connectivity index is -0.00000136. The average Bonchev–Trinajstić information content (AvgIpc) is 3.37. The van der Waals surface area contributed by atoms with E-state index in [0.717, 1.165) is 38.5 Å². The molecule has 0 bridgehead atoms. The van der Waals surface area contributed by atoms with Gasteiger partial charge in [-0.15, -0.1) is 0 Å². The van der Waals surface area contributed by atoms with Crippen LogP contribution in [0.1, 0.15) is 362 Å². The van der Waals surface area contributed by atoms with Crippen molar-refractivity contribution in [3.8, 4) is 0 Å². The SMILES string of the molecule is CCCCCCCC/C=C/C(CCCCCCCCCCCCCCCCCCCC)COS(=O)(=O)[O-].CCCCCCCC/C=C/C(CCCCCCCCCCCCCCCCCCCC)COS(=O)(=O)[O-].[Ca+2]. The van der Waals surface area contributed by atoms with E-state index in [1.165, 1.54) is 295 Å². The molecule has 0 aliphatic heterocycles. The van der Waals surface area contributed by atoms with Gasteiger partial charge in [0.15, 0.2) is 0 Å². The quantitative estimate of drug-likeness (QED) is 0.0193. The Hall–Kier alpha value is 0.480. The zero-order valence-corrected chi connectivity index (χ0v) is 54.3. The molecule has 0 N–H and O–H groups in total. The second-order valence-corrected chi connectivity index (χ2v) is 24.6. The Morgan fingerprint density at radius 3 is 0.653 bits per heavy atom. The molecular formula is C64H126CaO8S2. The molecule has 0 rings (SSSR count). The molecule has 2 unspecified atom stereocenters. The molecule has 0 fully saturated rings. The number of rotatable bonds is 60. The summed E-state index contributed by atoms with van der Waals surface area (Å²) in [5.41, 5.74) is 0. The predicted molar refractivity (Wildman–Crippen MR) is 325 cm³/mol. The molecule has 0 aliphatic rings. The standard InChI is InChI=1S/2C32H64O4S.Ca/c2*1-3-5-7-9-11-13-14-15-16-17-18-19-20-21-22-24-26-28-30-32(31-36-37(33,34)35)29-27-25-23-12-10-8-6-4-2;/h2*27,29,32H,3-26,28,30-31H2,1-2H3,(H,33,34,35);/q;;+2/p-2/b2*29-27+;. The summed E-state index contributed by atoms with van der Waals surface area (Å²) >= 11 is 0. The molecule has 0 saturated heterocycles. The summed E-state index contributed by atoms with van der Waals surface area (Å²) in [5, 5.41) is 0. The zero-order chi connectivity index (χ0) is 54.6. The van der Waals surface area contributed by atoms with Crippen molar-refractivity contribution in [2.24, 2.45) is 11.8 Å². The third kappa shape index (κ3) is 74.5. The van der Waals surface area contributed by atoms with E-state index in [-0.39, 0.29) is 62.8 Å². The molecule has 0 aliphatic carbocycles. The van der Waals surface area contributed by atoms with Crippen molar-refractivity contribution in [3.05, 3.63) is 24.3 Å². The van der Waals surface area contributed by atoms with Crippen LogP contribution in [0.2, 0.25) is 0 Å². The van der Waals surface area contributed by atoms with Gasteiger partial charge < -0.3 is 9.11 Å². The Morgan fingerprint density at radius 1 is 0.293 bits per heavy atom. The van der Waals surface area contributed by atoms with Crippen molar-refractivity contribution in [1.29, 1.82) is 0 Å². The first-order chi connectivity index (χ1) is 36.0. The topological polar surface area (TPSA) is 133 Å². The van der Waals surface area contributed by atoms with Crippen molar-refractivity contribution in [2.45, 2.75) is 362 Å². The first-order valence-corrected chi connectivity index (χ1v) is 35.2. The second kappa shape index (κ2) is 65.3. The van der Waals surface area contributed by atoms with E-state index < -0.39 is 20.8 Å². The van der Waals surface area contributed by atoms with Crippen LogP contribution < -0.4 is 0 Å². The van der Waals surface area contributed by atoms with Crippen LogP contribution >= 0.6 is 0 Å². The molecule has 8 nitrogen and oxygen atoms in total. The smallest absolute Gasteiger partial charge is 0.726 e. The monoisotopic (exact) mass is 1130 g/mol. The van der Waals surface area contributed by atoms with Gasteiger partial charge in [-0.3, -0.25) is 8.37 Å². The van der Waals surface area contributed by atoms with Crippen LogP contribution in [0, 0.1) is 11.8 Å². The number of unbranched alkanes of at least 4 members (excludes halogenated alkanes) is 46. The molecule has 0 heterocycles. The minimum absolute atomic E-state index is 0. The zero-order valence-electron chi connectivity index (χ0n) is 50.4. The van der Waals surface area contributed by atoms with Crippen LogP contribution in [0.4, 0.5) is 0 Å². The third-order valence-corrected chi connectivity index (χ3v) is 15.8. The molecule has 444 valence electrons. The fraction of sp³-hybridized carbons (Fsp3) is 0.938. The first kappa shape index (κ1) is 79.7. The molecule has 75 heavy (non-hydrogen) atoms. The van der Waals surface area contributed by atoms with Crippen molar-refractivity contribution >= 4 is 58.5 Å². The summed E-state index contributed by atoms with van der Waals surface area (Å²) in [7, 11) is -9.23. The van der Waals surface area contributed by atoms with Gasteiger partial charge >= 0.3 is 37.7 Å². The molecule has 0 saturated carbocycles. The second-order valence-electron chi connectivity index (χ2n) is 22.5. The van der Waals surface area contributed by atoms with E-state index in [0.29, 0.717) is 0 Å². The normalized spacial score (nSPS) is 12.9. The van der Waals surface area contributed by atoms with Gasteiger partial charge in [-0.1, -0.05) is 347 Å². The van der Waals surface area contributed by atoms with Gasteiger partial charge in [0, 0.05) is 11.8 Å². The number of hydrogen-bond acceptors (Lipinski definition) is 8. The summed E-state index contributed by atoms with van der Waals surface area (Å²) < 4.78 is 74.4. The molecule has 2 atom stereocenters. The van der Waals surface area contributed by atoms with Crippen molar-refractivity contribution in [2.75, 3.05) is 13.2 Å². The van der Waals surface area contributed by atoms with Gasteiger partial charge in [-0.05, 0) is 38.5 Å². The van der Waals surface area contributed by atoms with Gasteiger partial charge in [0.05, 0.1) is 13.2 Å². The van der Waals surface area contributed by atoms with Crippen molar-refractivity contribution < 1.29 is 34.3 Å². The van der Waals surface area contributed by atoms with Crippen LogP contribution in [0.3, 0.4) is 0 Å². The Kier molecular flexibility index (Phi) is 69.4. The molecule has 0 radical (unpaired) electrons. The molecule has 0 amide bonds. The van der Waals surface area contributed by atoms with Gasteiger partial charge in [0.25, 0.3) is 0 Å². The molecule has 0 aromatic rings. The Bertz CT molecular complexity index is 1260. The van der Waals surface area contributed by atoms with E-state index in [1.807, 2.05) is 0 Å². The Morgan fingerprint density at radius 2 is 0.467 bits per heavy atom. The summed E-state index contributed by atoms with van der Waals surface area (Å²) in [4.78, 5) is 0. The minimum Gasteiger partial charge on any atom is -0.726 e.